The van der Waals surface area contributed by atoms with Crippen molar-refractivity contribution < 1.29 is 9.53 Å². The second-order valence-electron chi connectivity index (χ2n) is 13.3. The second-order valence-corrected chi connectivity index (χ2v) is 14.2. The molecule has 6 rings (SSSR count). The average Bonchev–Trinajstić information content (AvgIpc) is 3.24. The third-order valence-corrected chi connectivity index (χ3v) is 9.75. The lowest BCUT2D eigenvalue weighted by molar-refractivity contribution is -0.0221. The van der Waals surface area contributed by atoms with Crippen molar-refractivity contribution in [3.05, 3.63) is 45.5 Å². The predicted octanol–water partition coefficient (Wildman–Crippen LogP) is 4.29. The molecule has 0 unspecified atom stereocenters. The Morgan fingerprint density at radius 1 is 1.00 bits per heavy atom. The molecule has 11 nitrogen and oxygen atoms in total. The average molecular weight is 656 g/mol. The zero-order valence-electron chi connectivity index (χ0n) is 25.4. The Hall–Kier alpha value is -2.96. The normalized spacial score (nSPS) is 20.0. The number of nitrogen functional groups attached to an aromatic ring is 1. The number of rotatable bonds is 6. The van der Waals surface area contributed by atoms with Gasteiger partial charge in [-0.1, -0.05) is 15.9 Å². The highest BCUT2D eigenvalue weighted by molar-refractivity contribution is 9.10. The van der Waals surface area contributed by atoms with Gasteiger partial charge >= 0.3 is 11.8 Å². The summed E-state index contributed by atoms with van der Waals surface area (Å²) in [6.45, 7) is 12.5. The number of halogens is 1. The Labute approximate surface area is 261 Å². The number of ether oxygens (including phenoxy) is 1. The van der Waals surface area contributed by atoms with Crippen LogP contribution in [-0.2, 0) is 4.74 Å². The second kappa shape index (κ2) is 12.2. The van der Waals surface area contributed by atoms with Crippen LogP contribution >= 0.6 is 15.9 Å². The van der Waals surface area contributed by atoms with E-state index >= 15 is 0 Å². The van der Waals surface area contributed by atoms with Crippen LogP contribution in [0.25, 0.3) is 16.9 Å². The molecule has 3 aliphatic rings. The Morgan fingerprint density at radius 3 is 2.33 bits per heavy atom. The standard InChI is InChI=1S/C31H43BrN8O3/c1-31(2,3)43-30(42)38-18-25(19-38)37-16-9-21(10-17-37)8-13-36-14-11-24(12-15-36)40-28-26(27(33)34-20-35-28)39(29(40)41)23-6-4-22(32)5-7-23/h4-7,20-21,24-25H,8-19H2,1-3H3,(H2,33,34,35). The number of fused-ring (bicyclic) bond motifs is 1. The number of piperidine rings is 2. The van der Waals surface area contributed by atoms with E-state index in [1.807, 2.05) is 54.5 Å². The van der Waals surface area contributed by atoms with Gasteiger partial charge in [-0.05, 0) is 103 Å². The van der Waals surface area contributed by atoms with Crippen LogP contribution in [0.2, 0.25) is 0 Å². The van der Waals surface area contributed by atoms with Crippen molar-refractivity contribution in [2.24, 2.45) is 5.92 Å². The van der Waals surface area contributed by atoms with Crippen LogP contribution in [0.3, 0.4) is 0 Å². The van der Waals surface area contributed by atoms with Gasteiger partial charge in [0.2, 0.25) is 0 Å². The SMILES string of the molecule is CC(C)(C)OC(=O)N1CC(N2CCC(CCN3CCC(n4c(=O)n(-c5ccc(Br)cc5)c5c(N)ncnc54)CC3)CC2)C1. The summed E-state index contributed by atoms with van der Waals surface area (Å²) in [6, 6.07) is 8.18. The number of hydrogen-bond acceptors (Lipinski definition) is 8. The number of hydrogen-bond donors (Lipinski definition) is 1. The lowest BCUT2D eigenvalue weighted by Gasteiger charge is -2.47. The number of nitrogens with two attached hydrogens (primary N) is 1. The molecule has 3 fully saturated rings. The van der Waals surface area contributed by atoms with Gasteiger partial charge < -0.3 is 20.3 Å². The summed E-state index contributed by atoms with van der Waals surface area (Å²) in [6.07, 6.45) is 6.69. The molecule has 1 aromatic carbocycles. The van der Waals surface area contributed by atoms with Crippen LogP contribution in [0.4, 0.5) is 10.6 Å². The van der Waals surface area contributed by atoms with Crippen LogP contribution in [0.1, 0.15) is 58.9 Å². The van der Waals surface area contributed by atoms with E-state index in [0.717, 1.165) is 74.7 Å². The molecule has 0 atom stereocenters. The molecule has 0 aliphatic carbocycles. The number of aromatic nitrogens is 4. The Balaban J connectivity index is 0.996. The van der Waals surface area contributed by atoms with Gasteiger partial charge in [-0.2, -0.15) is 0 Å². The van der Waals surface area contributed by atoms with Gasteiger partial charge in [0.05, 0.1) is 5.69 Å². The van der Waals surface area contributed by atoms with E-state index in [1.165, 1.54) is 25.6 Å². The summed E-state index contributed by atoms with van der Waals surface area (Å²) in [5.41, 5.74) is 7.64. The third kappa shape index (κ3) is 6.46. The van der Waals surface area contributed by atoms with Gasteiger partial charge in [-0.3, -0.25) is 14.0 Å². The van der Waals surface area contributed by atoms with Crippen molar-refractivity contribution >= 4 is 39.0 Å². The first-order valence-corrected chi connectivity index (χ1v) is 16.3. The van der Waals surface area contributed by atoms with E-state index in [2.05, 4.69) is 35.7 Å². The Bertz CT molecular complexity index is 1490. The largest absolute Gasteiger partial charge is 0.444 e. The van der Waals surface area contributed by atoms with Gasteiger partial charge in [0, 0.05) is 42.7 Å². The highest BCUT2D eigenvalue weighted by Gasteiger charge is 2.38. The van der Waals surface area contributed by atoms with Crippen molar-refractivity contribution in [3.8, 4) is 5.69 Å². The number of benzene rings is 1. The number of imidazole rings is 1. The van der Waals surface area contributed by atoms with E-state index in [1.54, 1.807) is 4.57 Å². The molecule has 3 aliphatic heterocycles. The highest BCUT2D eigenvalue weighted by Crippen LogP contribution is 2.30. The highest BCUT2D eigenvalue weighted by atomic mass is 79.9. The Morgan fingerprint density at radius 2 is 1.67 bits per heavy atom. The Kier molecular flexibility index (Phi) is 8.54. The molecule has 5 heterocycles. The smallest absolute Gasteiger partial charge is 0.410 e. The maximum Gasteiger partial charge on any atom is 0.410 e. The number of carbonyl (C=O) groups excluding carboxylic acids is 1. The molecular formula is C31H43BrN8O3. The molecule has 0 spiro atoms. The maximum absolute atomic E-state index is 13.8. The van der Waals surface area contributed by atoms with Crippen molar-refractivity contribution in [3.63, 3.8) is 0 Å². The molecule has 43 heavy (non-hydrogen) atoms. The van der Waals surface area contributed by atoms with Gasteiger partial charge in [0.1, 0.15) is 17.4 Å². The first-order chi connectivity index (χ1) is 20.6. The minimum atomic E-state index is -0.447. The quantitative estimate of drug-likeness (QED) is 0.419. The number of likely N-dealkylation sites (tertiary alicyclic amines) is 3. The van der Waals surface area contributed by atoms with Gasteiger partial charge in [0.25, 0.3) is 0 Å². The molecule has 3 aromatic rings. The molecule has 2 aromatic heterocycles. The van der Waals surface area contributed by atoms with Crippen LogP contribution in [-0.4, -0.2) is 97.4 Å². The molecule has 0 radical (unpaired) electrons. The first-order valence-electron chi connectivity index (χ1n) is 15.5. The fraction of sp³-hybridized carbons (Fsp3) is 0.613. The molecule has 2 N–H and O–H groups in total. The molecule has 3 saturated heterocycles. The maximum atomic E-state index is 13.8. The monoisotopic (exact) mass is 654 g/mol. The van der Waals surface area contributed by atoms with E-state index in [0.29, 0.717) is 23.0 Å². The molecular weight excluding hydrogens is 612 g/mol. The summed E-state index contributed by atoms with van der Waals surface area (Å²) in [4.78, 5) is 41.7. The van der Waals surface area contributed by atoms with Crippen LogP contribution < -0.4 is 11.4 Å². The zero-order valence-corrected chi connectivity index (χ0v) is 27.0. The van der Waals surface area contributed by atoms with Gasteiger partial charge in [-0.15, -0.1) is 0 Å². The zero-order chi connectivity index (χ0) is 30.3. The fourth-order valence-electron chi connectivity index (χ4n) is 6.76. The molecule has 232 valence electrons. The van der Waals surface area contributed by atoms with E-state index in [9.17, 15) is 9.59 Å². The molecule has 1 amide bonds. The molecule has 0 bridgehead atoms. The minimum absolute atomic E-state index is 0.0724. The van der Waals surface area contributed by atoms with Crippen molar-refractivity contribution in [2.75, 3.05) is 51.5 Å². The third-order valence-electron chi connectivity index (χ3n) is 9.22. The summed E-state index contributed by atoms with van der Waals surface area (Å²) in [5.74, 6) is 1.05. The van der Waals surface area contributed by atoms with Crippen LogP contribution in [0.5, 0.6) is 0 Å². The summed E-state index contributed by atoms with van der Waals surface area (Å²) < 4.78 is 9.93. The lowest BCUT2D eigenvalue weighted by atomic mass is 9.91. The van der Waals surface area contributed by atoms with Crippen LogP contribution in [0, 0.1) is 5.92 Å². The van der Waals surface area contributed by atoms with E-state index in [4.69, 9.17) is 10.5 Å². The predicted molar refractivity (Wildman–Crippen MR) is 170 cm³/mol. The number of nitrogens with zero attached hydrogens (tertiary/aromatic N) is 7. The lowest BCUT2D eigenvalue weighted by Crippen LogP contribution is -2.62. The van der Waals surface area contributed by atoms with Crippen molar-refractivity contribution in [1.29, 1.82) is 0 Å². The molecule has 12 heteroatoms. The van der Waals surface area contributed by atoms with Crippen molar-refractivity contribution in [1.82, 2.24) is 33.8 Å². The van der Waals surface area contributed by atoms with Crippen LogP contribution in [0.15, 0.2) is 39.9 Å². The summed E-state index contributed by atoms with van der Waals surface area (Å²) in [7, 11) is 0. The number of anilines is 1. The topological polar surface area (TPSA) is 115 Å². The minimum Gasteiger partial charge on any atom is -0.444 e. The van der Waals surface area contributed by atoms with E-state index in [-0.39, 0.29) is 17.8 Å². The fourth-order valence-corrected chi connectivity index (χ4v) is 7.03. The number of amides is 1. The first kappa shape index (κ1) is 30.1. The van der Waals surface area contributed by atoms with Gasteiger partial charge in [0.15, 0.2) is 11.5 Å². The van der Waals surface area contributed by atoms with E-state index < -0.39 is 5.60 Å². The summed E-state index contributed by atoms with van der Waals surface area (Å²) >= 11 is 3.47. The number of carbonyl (C=O) groups is 1. The van der Waals surface area contributed by atoms with Gasteiger partial charge in [-0.25, -0.2) is 19.6 Å². The van der Waals surface area contributed by atoms with Crippen molar-refractivity contribution in [2.45, 2.75) is 70.6 Å². The summed E-state index contributed by atoms with van der Waals surface area (Å²) in [5, 5.41) is 0. The molecule has 0 saturated carbocycles.